The Morgan fingerprint density at radius 3 is 2.71 bits per heavy atom. The lowest BCUT2D eigenvalue weighted by Crippen LogP contribution is -2.01. The molecule has 4 N–H and O–H groups in total. The number of aromatic amines is 2. The number of para-hydroxylation sites is 1. The molecule has 0 spiro atoms. The molecule has 1 heterocycles. The number of aromatic nitrogens is 2. The van der Waals surface area contributed by atoms with Crippen molar-refractivity contribution in [3.63, 3.8) is 0 Å². The van der Waals surface area contributed by atoms with Gasteiger partial charge in [0.2, 0.25) is 0 Å². The zero-order valence-electron chi connectivity index (χ0n) is 11.3. The van der Waals surface area contributed by atoms with Gasteiger partial charge in [-0.15, -0.1) is 0 Å². The second-order valence-corrected chi connectivity index (χ2v) is 5.75. The molecule has 0 saturated heterocycles. The van der Waals surface area contributed by atoms with Gasteiger partial charge in [0.15, 0.2) is 0 Å². The second-order valence-electron chi connectivity index (χ2n) is 4.89. The zero-order chi connectivity index (χ0) is 15.0. The summed E-state index contributed by atoms with van der Waals surface area (Å²) in [6, 6.07) is 9.34. The number of H-pyrrole nitrogens is 2. The summed E-state index contributed by atoms with van der Waals surface area (Å²) >= 11 is 3.47. The number of rotatable bonds is 3. The lowest BCUT2D eigenvalue weighted by atomic mass is 10.1. The van der Waals surface area contributed by atoms with Crippen LogP contribution in [0.4, 0.5) is 5.69 Å². The first-order valence-corrected chi connectivity index (χ1v) is 7.27. The predicted octanol–water partition coefficient (Wildman–Crippen LogP) is 3.24. The van der Waals surface area contributed by atoms with Crippen LogP contribution in [0.2, 0.25) is 0 Å². The molecule has 0 unspecified atom stereocenters. The van der Waals surface area contributed by atoms with E-state index < -0.39 is 0 Å². The molecule has 0 aliphatic heterocycles. The average Bonchev–Trinajstić information content (AvgIpc) is 2.79. The van der Waals surface area contributed by atoms with E-state index in [2.05, 4.69) is 31.2 Å². The lowest BCUT2D eigenvalue weighted by molar-refractivity contribution is 0.465. The number of hydrogen-bond donors (Lipinski definition) is 4. The fourth-order valence-electron chi connectivity index (χ4n) is 2.24. The molecule has 0 fully saturated rings. The van der Waals surface area contributed by atoms with Crippen LogP contribution in [-0.4, -0.2) is 15.1 Å². The Morgan fingerprint density at radius 1 is 1.24 bits per heavy atom. The van der Waals surface area contributed by atoms with E-state index in [4.69, 9.17) is 0 Å². The molecule has 3 aromatic rings. The Balaban J connectivity index is 1.89. The van der Waals surface area contributed by atoms with Gasteiger partial charge in [-0.25, -0.2) is 4.79 Å². The third kappa shape index (κ3) is 2.67. The van der Waals surface area contributed by atoms with E-state index in [9.17, 15) is 9.90 Å². The second kappa shape index (κ2) is 5.29. The minimum Gasteiger partial charge on any atom is -0.507 e. The first kappa shape index (κ1) is 13.8. The van der Waals surface area contributed by atoms with Crippen LogP contribution in [0.25, 0.3) is 11.0 Å². The van der Waals surface area contributed by atoms with E-state index in [1.54, 1.807) is 0 Å². The number of imidazole rings is 1. The van der Waals surface area contributed by atoms with Crippen molar-refractivity contribution in [3.8, 4) is 5.75 Å². The van der Waals surface area contributed by atoms with Crippen molar-refractivity contribution in [2.24, 2.45) is 0 Å². The average molecular weight is 348 g/mol. The lowest BCUT2D eigenvalue weighted by Gasteiger charge is -2.11. The highest BCUT2D eigenvalue weighted by Crippen LogP contribution is 2.28. The van der Waals surface area contributed by atoms with Crippen LogP contribution in [0.15, 0.2) is 39.6 Å². The van der Waals surface area contributed by atoms with Crippen molar-refractivity contribution in [3.05, 3.63) is 56.4 Å². The molecule has 0 atom stereocenters. The van der Waals surface area contributed by atoms with E-state index in [-0.39, 0.29) is 5.69 Å². The summed E-state index contributed by atoms with van der Waals surface area (Å²) in [6.45, 7) is 2.36. The SMILES string of the molecule is Cc1cccc(CNc2cc3[nH]c(=O)[nH]c3cc2Br)c1O. The fraction of sp³-hybridized carbons (Fsp3) is 0.133. The van der Waals surface area contributed by atoms with Crippen molar-refractivity contribution < 1.29 is 5.11 Å². The number of aromatic hydroxyl groups is 1. The Labute approximate surface area is 129 Å². The quantitative estimate of drug-likeness (QED) is 0.587. The van der Waals surface area contributed by atoms with Gasteiger partial charge in [0, 0.05) is 16.6 Å². The van der Waals surface area contributed by atoms with Crippen LogP contribution >= 0.6 is 15.9 Å². The molecule has 0 saturated carbocycles. The number of fused-ring (bicyclic) bond motifs is 1. The fourth-order valence-corrected chi connectivity index (χ4v) is 2.73. The van der Waals surface area contributed by atoms with Crippen LogP contribution in [-0.2, 0) is 6.54 Å². The van der Waals surface area contributed by atoms with Crippen molar-refractivity contribution in [1.82, 2.24) is 9.97 Å². The van der Waals surface area contributed by atoms with Gasteiger partial charge in [0.25, 0.3) is 0 Å². The molecule has 0 aliphatic carbocycles. The summed E-state index contributed by atoms with van der Waals surface area (Å²) in [6.07, 6.45) is 0. The molecule has 3 rings (SSSR count). The van der Waals surface area contributed by atoms with Crippen LogP contribution in [0.5, 0.6) is 5.75 Å². The smallest absolute Gasteiger partial charge is 0.323 e. The number of hydrogen-bond acceptors (Lipinski definition) is 3. The van der Waals surface area contributed by atoms with Crippen molar-refractivity contribution in [2.45, 2.75) is 13.5 Å². The number of benzene rings is 2. The summed E-state index contributed by atoms with van der Waals surface area (Å²) in [4.78, 5) is 16.7. The van der Waals surface area contributed by atoms with Gasteiger partial charge in [0.05, 0.1) is 16.7 Å². The molecular weight excluding hydrogens is 334 g/mol. The number of halogens is 1. The molecule has 1 aromatic heterocycles. The largest absolute Gasteiger partial charge is 0.507 e. The summed E-state index contributed by atoms with van der Waals surface area (Å²) in [5.41, 5.74) is 3.77. The first-order valence-electron chi connectivity index (χ1n) is 6.47. The van der Waals surface area contributed by atoms with E-state index in [0.29, 0.717) is 12.3 Å². The molecule has 0 bridgehead atoms. The summed E-state index contributed by atoms with van der Waals surface area (Å²) in [5, 5.41) is 13.3. The minimum absolute atomic E-state index is 0.231. The molecule has 0 aliphatic rings. The number of phenols is 1. The molecule has 21 heavy (non-hydrogen) atoms. The Kier molecular flexibility index (Phi) is 3.47. The third-order valence-corrected chi connectivity index (χ3v) is 4.05. The maximum Gasteiger partial charge on any atom is 0.323 e. The van der Waals surface area contributed by atoms with Crippen molar-refractivity contribution in [2.75, 3.05) is 5.32 Å². The monoisotopic (exact) mass is 347 g/mol. The van der Waals surface area contributed by atoms with Gasteiger partial charge in [0.1, 0.15) is 5.75 Å². The summed E-state index contributed by atoms with van der Waals surface area (Å²) in [7, 11) is 0. The summed E-state index contributed by atoms with van der Waals surface area (Å²) < 4.78 is 0.845. The van der Waals surface area contributed by atoms with Crippen LogP contribution in [0.3, 0.4) is 0 Å². The standard InChI is InChI=1S/C15H14BrN3O2/c1-8-3-2-4-9(14(8)20)7-17-11-6-13-12(5-10(11)16)18-15(21)19-13/h2-6,17,20H,7H2,1H3,(H2,18,19,21). The molecule has 108 valence electrons. The summed E-state index contributed by atoms with van der Waals surface area (Å²) in [5.74, 6) is 0.303. The van der Waals surface area contributed by atoms with Gasteiger partial charge < -0.3 is 20.4 Å². The van der Waals surface area contributed by atoms with Crippen LogP contribution < -0.4 is 11.0 Å². The first-order chi connectivity index (χ1) is 10.0. The highest BCUT2D eigenvalue weighted by molar-refractivity contribution is 9.10. The maximum absolute atomic E-state index is 11.3. The van der Waals surface area contributed by atoms with E-state index >= 15 is 0 Å². The molecule has 5 nitrogen and oxygen atoms in total. The molecular formula is C15H14BrN3O2. The molecule has 0 amide bonds. The maximum atomic E-state index is 11.3. The normalized spacial score (nSPS) is 11.0. The molecule has 2 aromatic carbocycles. The van der Waals surface area contributed by atoms with E-state index in [0.717, 1.165) is 32.3 Å². The van der Waals surface area contributed by atoms with Gasteiger partial charge in [-0.2, -0.15) is 0 Å². The van der Waals surface area contributed by atoms with Gasteiger partial charge in [-0.3, -0.25) is 0 Å². The van der Waals surface area contributed by atoms with E-state index in [1.165, 1.54) is 0 Å². The van der Waals surface area contributed by atoms with Gasteiger partial charge >= 0.3 is 5.69 Å². The van der Waals surface area contributed by atoms with Crippen LogP contribution in [0.1, 0.15) is 11.1 Å². The highest BCUT2D eigenvalue weighted by Gasteiger charge is 2.07. The Morgan fingerprint density at radius 2 is 1.95 bits per heavy atom. The van der Waals surface area contributed by atoms with Gasteiger partial charge in [-0.1, -0.05) is 18.2 Å². The zero-order valence-corrected chi connectivity index (χ0v) is 12.9. The van der Waals surface area contributed by atoms with E-state index in [1.807, 2.05) is 37.3 Å². The minimum atomic E-state index is -0.231. The molecule has 0 radical (unpaired) electrons. The number of phenolic OH excluding ortho intramolecular Hbond substituents is 1. The molecule has 6 heteroatoms. The topological polar surface area (TPSA) is 80.9 Å². The number of anilines is 1. The third-order valence-electron chi connectivity index (χ3n) is 3.39. The Hall–Kier alpha value is -2.21. The van der Waals surface area contributed by atoms with Crippen molar-refractivity contribution in [1.29, 1.82) is 0 Å². The highest BCUT2D eigenvalue weighted by atomic mass is 79.9. The van der Waals surface area contributed by atoms with Crippen LogP contribution in [0, 0.1) is 6.92 Å². The van der Waals surface area contributed by atoms with Gasteiger partial charge in [-0.05, 0) is 40.5 Å². The van der Waals surface area contributed by atoms with Crippen molar-refractivity contribution >= 4 is 32.7 Å². The number of nitrogens with one attached hydrogen (secondary N) is 3. The number of aryl methyl sites for hydroxylation is 1. The Bertz CT molecular complexity index is 867. The predicted molar refractivity (Wildman–Crippen MR) is 86.8 cm³/mol.